The highest BCUT2D eigenvalue weighted by Crippen LogP contribution is 2.20. The van der Waals surface area contributed by atoms with Crippen molar-refractivity contribution in [3.05, 3.63) is 29.3 Å². The Morgan fingerprint density at radius 2 is 1.82 bits per heavy atom. The number of rotatable bonds is 10. The van der Waals surface area contributed by atoms with Gasteiger partial charge in [-0.1, -0.05) is 38.7 Å². The first-order valence-electron chi connectivity index (χ1n) is 8.09. The van der Waals surface area contributed by atoms with Crippen LogP contribution in [0.3, 0.4) is 0 Å². The second-order valence-corrected chi connectivity index (χ2v) is 5.41. The largest absolute Gasteiger partial charge is 0.508 e. The van der Waals surface area contributed by atoms with E-state index in [1.54, 1.807) is 13.0 Å². The lowest BCUT2D eigenvalue weighted by molar-refractivity contribution is -0.142. The van der Waals surface area contributed by atoms with Gasteiger partial charge in [-0.15, -0.1) is 0 Å². The van der Waals surface area contributed by atoms with Crippen LogP contribution in [0, 0.1) is 0 Å². The Morgan fingerprint density at radius 1 is 1.09 bits per heavy atom. The molecule has 1 aromatic carbocycles. The van der Waals surface area contributed by atoms with Gasteiger partial charge >= 0.3 is 5.97 Å². The maximum Gasteiger partial charge on any atom is 0.310 e. The van der Waals surface area contributed by atoms with E-state index in [1.165, 1.54) is 25.0 Å². The van der Waals surface area contributed by atoms with Crippen LogP contribution in [0.1, 0.15) is 68.3 Å². The van der Waals surface area contributed by atoms with Crippen LogP contribution in [0.4, 0.5) is 0 Å². The van der Waals surface area contributed by atoms with Crippen molar-refractivity contribution in [2.45, 2.75) is 58.8 Å². The van der Waals surface area contributed by atoms with Gasteiger partial charge in [-0.05, 0) is 31.0 Å². The molecule has 4 heteroatoms. The van der Waals surface area contributed by atoms with Crippen LogP contribution in [-0.4, -0.2) is 23.5 Å². The average Bonchev–Trinajstić information content (AvgIpc) is 2.49. The number of phenols is 1. The molecule has 0 radical (unpaired) electrons. The molecular formula is C18H26O4. The second kappa shape index (κ2) is 9.98. The molecule has 1 N–H and O–H groups in total. The molecule has 22 heavy (non-hydrogen) atoms. The lowest BCUT2D eigenvalue weighted by Gasteiger charge is -2.09. The first kappa shape index (κ1) is 18.2. The number of aromatic hydroxyl groups is 1. The number of Topliss-reactive ketones (excluding diaryl/α,β-unsaturated/α-hetero) is 1. The zero-order chi connectivity index (χ0) is 16.4. The van der Waals surface area contributed by atoms with Gasteiger partial charge in [0.2, 0.25) is 0 Å². The highest BCUT2D eigenvalue weighted by atomic mass is 16.5. The molecule has 0 atom stereocenters. The Bertz CT molecular complexity index is 494. The van der Waals surface area contributed by atoms with E-state index < -0.39 is 0 Å². The van der Waals surface area contributed by atoms with E-state index in [-0.39, 0.29) is 23.9 Å². The molecule has 0 aliphatic carbocycles. The summed E-state index contributed by atoms with van der Waals surface area (Å²) >= 11 is 0. The molecule has 0 aliphatic rings. The molecule has 4 nitrogen and oxygen atoms in total. The van der Waals surface area contributed by atoms with Crippen molar-refractivity contribution in [2.75, 3.05) is 6.61 Å². The summed E-state index contributed by atoms with van der Waals surface area (Å²) in [7, 11) is 0. The van der Waals surface area contributed by atoms with E-state index in [4.69, 9.17) is 4.74 Å². The Kier molecular flexibility index (Phi) is 8.26. The Balaban J connectivity index is 2.68. The molecule has 0 aromatic heterocycles. The summed E-state index contributed by atoms with van der Waals surface area (Å²) in [5, 5.41) is 9.60. The summed E-state index contributed by atoms with van der Waals surface area (Å²) in [4.78, 5) is 23.9. The van der Waals surface area contributed by atoms with Crippen molar-refractivity contribution >= 4 is 11.8 Å². The third-order valence-electron chi connectivity index (χ3n) is 3.54. The summed E-state index contributed by atoms with van der Waals surface area (Å²) < 4.78 is 4.92. The predicted octanol–water partition coefficient (Wildman–Crippen LogP) is 4.04. The quantitative estimate of drug-likeness (QED) is 0.402. The van der Waals surface area contributed by atoms with Crippen molar-refractivity contribution < 1.29 is 19.4 Å². The zero-order valence-corrected chi connectivity index (χ0v) is 13.6. The fourth-order valence-electron chi connectivity index (χ4n) is 2.37. The van der Waals surface area contributed by atoms with Crippen molar-refractivity contribution in [3.63, 3.8) is 0 Å². The number of ether oxygens (including phenoxy) is 1. The zero-order valence-electron chi connectivity index (χ0n) is 13.6. The summed E-state index contributed by atoms with van der Waals surface area (Å²) in [6, 6.07) is 4.56. The van der Waals surface area contributed by atoms with Crippen LogP contribution in [0.15, 0.2) is 18.2 Å². The van der Waals surface area contributed by atoms with E-state index in [0.29, 0.717) is 24.2 Å². The van der Waals surface area contributed by atoms with Crippen LogP contribution < -0.4 is 0 Å². The molecule has 1 rings (SSSR count). The molecule has 122 valence electrons. The van der Waals surface area contributed by atoms with Crippen LogP contribution in [0.25, 0.3) is 0 Å². The van der Waals surface area contributed by atoms with Crippen LogP contribution in [0.5, 0.6) is 5.75 Å². The van der Waals surface area contributed by atoms with Gasteiger partial charge in [0.1, 0.15) is 5.75 Å². The van der Waals surface area contributed by atoms with Gasteiger partial charge in [0, 0.05) is 12.0 Å². The number of hydrogen-bond acceptors (Lipinski definition) is 4. The van der Waals surface area contributed by atoms with Crippen molar-refractivity contribution in [3.8, 4) is 5.75 Å². The number of hydrogen-bond donors (Lipinski definition) is 1. The molecule has 0 bridgehead atoms. The first-order chi connectivity index (χ1) is 10.6. The second-order valence-electron chi connectivity index (χ2n) is 5.41. The molecule has 1 aromatic rings. The van der Waals surface area contributed by atoms with Crippen LogP contribution >= 0.6 is 0 Å². The molecule has 0 spiro atoms. The fraction of sp³-hybridized carbons (Fsp3) is 0.556. The molecule has 0 unspecified atom stereocenters. The minimum absolute atomic E-state index is 0.0216. The van der Waals surface area contributed by atoms with Gasteiger partial charge < -0.3 is 9.84 Å². The molecule has 0 saturated carbocycles. The molecule has 0 amide bonds. The molecule has 0 aliphatic heterocycles. The summed E-state index contributed by atoms with van der Waals surface area (Å²) in [5.74, 6) is -0.334. The number of ketones is 1. The third-order valence-corrected chi connectivity index (χ3v) is 3.54. The standard InChI is InChI=1S/C18H26O4/c1-3-5-6-7-8-9-17(20)16-13-15(19)11-10-14(16)12-18(21)22-4-2/h10-11,13,19H,3-9,12H2,1-2H3. The van der Waals surface area contributed by atoms with Crippen LogP contribution in [-0.2, 0) is 16.0 Å². The molecule has 0 saturated heterocycles. The van der Waals surface area contributed by atoms with Crippen LogP contribution in [0.2, 0.25) is 0 Å². The van der Waals surface area contributed by atoms with E-state index in [2.05, 4.69) is 6.92 Å². The van der Waals surface area contributed by atoms with Crippen molar-refractivity contribution in [2.24, 2.45) is 0 Å². The van der Waals surface area contributed by atoms with Gasteiger partial charge in [0.15, 0.2) is 5.78 Å². The van der Waals surface area contributed by atoms with Gasteiger partial charge in [-0.3, -0.25) is 9.59 Å². The highest BCUT2D eigenvalue weighted by molar-refractivity contribution is 5.98. The average molecular weight is 306 g/mol. The maximum atomic E-state index is 12.3. The Hall–Kier alpha value is -1.84. The fourth-order valence-corrected chi connectivity index (χ4v) is 2.37. The Labute approximate surface area is 132 Å². The molecule has 0 heterocycles. The Morgan fingerprint density at radius 3 is 2.50 bits per heavy atom. The number of carbonyl (C=O) groups excluding carboxylic acids is 2. The monoisotopic (exact) mass is 306 g/mol. The summed E-state index contributed by atoms with van der Waals surface area (Å²) in [6.07, 6.45) is 5.88. The third kappa shape index (κ3) is 6.29. The van der Waals surface area contributed by atoms with Crippen molar-refractivity contribution in [1.29, 1.82) is 0 Å². The van der Waals surface area contributed by atoms with E-state index in [0.717, 1.165) is 19.3 Å². The number of unbranched alkanes of at least 4 members (excludes halogenated alkanes) is 4. The summed E-state index contributed by atoms with van der Waals surface area (Å²) in [6.45, 7) is 4.22. The molecule has 0 fully saturated rings. The van der Waals surface area contributed by atoms with E-state index in [1.807, 2.05) is 0 Å². The smallest absolute Gasteiger partial charge is 0.310 e. The van der Waals surface area contributed by atoms with Crippen molar-refractivity contribution in [1.82, 2.24) is 0 Å². The lowest BCUT2D eigenvalue weighted by Crippen LogP contribution is -2.11. The van der Waals surface area contributed by atoms with Gasteiger partial charge in [0.25, 0.3) is 0 Å². The topological polar surface area (TPSA) is 63.6 Å². The lowest BCUT2D eigenvalue weighted by atomic mass is 9.97. The number of carbonyl (C=O) groups is 2. The number of phenolic OH excluding ortho intramolecular Hbond substituents is 1. The van der Waals surface area contributed by atoms with E-state index >= 15 is 0 Å². The SMILES string of the molecule is CCCCCCCC(=O)c1cc(O)ccc1CC(=O)OCC. The normalized spacial score (nSPS) is 10.5. The first-order valence-corrected chi connectivity index (χ1v) is 8.09. The maximum absolute atomic E-state index is 12.3. The number of esters is 1. The molecular weight excluding hydrogens is 280 g/mol. The summed E-state index contributed by atoms with van der Waals surface area (Å²) in [5.41, 5.74) is 1.05. The minimum atomic E-state index is -0.356. The number of benzene rings is 1. The minimum Gasteiger partial charge on any atom is -0.508 e. The van der Waals surface area contributed by atoms with E-state index in [9.17, 15) is 14.7 Å². The van der Waals surface area contributed by atoms with Gasteiger partial charge in [-0.2, -0.15) is 0 Å². The van der Waals surface area contributed by atoms with Gasteiger partial charge in [-0.25, -0.2) is 0 Å². The van der Waals surface area contributed by atoms with Gasteiger partial charge in [0.05, 0.1) is 13.0 Å². The predicted molar refractivity (Wildman–Crippen MR) is 86.2 cm³/mol. The highest BCUT2D eigenvalue weighted by Gasteiger charge is 2.15.